The van der Waals surface area contributed by atoms with Crippen molar-refractivity contribution in [3.05, 3.63) is 77.5 Å². The third kappa shape index (κ3) is 4.27. The van der Waals surface area contributed by atoms with Gasteiger partial charge in [-0.05, 0) is 37.5 Å². The Kier molecular flexibility index (Phi) is 5.97. The highest BCUT2D eigenvalue weighted by atomic mass is 35.5. The second-order valence-corrected chi connectivity index (χ2v) is 6.36. The quantitative estimate of drug-likeness (QED) is 0.391. The minimum atomic E-state index is -0.244. The Morgan fingerprint density at radius 1 is 1.12 bits per heavy atom. The number of amides is 1. The van der Waals surface area contributed by atoms with Gasteiger partial charge in [-0.3, -0.25) is 9.78 Å². The lowest BCUT2D eigenvalue weighted by Gasteiger charge is -2.09. The van der Waals surface area contributed by atoms with Gasteiger partial charge in [0, 0.05) is 17.0 Å². The number of para-hydroxylation sites is 1. The van der Waals surface area contributed by atoms with Crippen molar-refractivity contribution < 1.29 is 4.79 Å². The van der Waals surface area contributed by atoms with E-state index in [9.17, 15) is 4.79 Å². The molecule has 26 heavy (non-hydrogen) atoms. The van der Waals surface area contributed by atoms with Crippen molar-refractivity contribution in [2.24, 2.45) is 5.10 Å². The maximum Gasteiger partial charge on any atom is 0.272 e. The van der Waals surface area contributed by atoms with Gasteiger partial charge in [0.1, 0.15) is 0 Å². The third-order valence-electron chi connectivity index (χ3n) is 4.04. The topological polar surface area (TPSA) is 54.4 Å². The van der Waals surface area contributed by atoms with E-state index in [0.717, 1.165) is 34.3 Å². The summed E-state index contributed by atoms with van der Waals surface area (Å²) < 4.78 is 0. The fourth-order valence-corrected chi connectivity index (χ4v) is 2.94. The minimum Gasteiger partial charge on any atom is -0.267 e. The lowest BCUT2D eigenvalue weighted by atomic mass is 10.1. The molecule has 0 unspecified atom stereocenters. The Labute approximate surface area is 157 Å². The molecule has 5 heteroatoms. The van der Waals surface area contributed by atoms with Crippen molar-refractivity contribution >= 4 is 34.1 Å². The van der Waals surface area contributed by atoms with Gasteiger partial charge in [0.05, 0.1) is 16.8 Å². The second-order valence-electron chi connectivity index (χ2n) is 5.99. The molecular weight excluding hydrogens is 346 g/mol. The number of rotatable bonds is 6. The predicted octanol–water partition coefficient (Wildman–Crippen LogP) is 4.70. The van der Waals surface area contributed by atoms with Crippen LogP contribution in [0.4, 0.5) is 0 Å². The summed E-state index contributed by atoms with van der Waals surface area (Å²) in [6.07, 6.45) is 1.49. The molecule has 0 atom stereocenters. The first-order valence-corrected chi connectivity index (χ1v) is 9.07. The highest BCUT2D eigenvalue weighted by Crippen LogP contribution is 2.18. The van der Waals surface area contributed by atoms with Gasteiger partial charge < -0.3 is 0 Å². The van der Waals surface area contributed by atoms with Crippen LogP contribution in [0.1, 0.15) is 34.5 Å². The van der Waals surface area contributed by atoms with Gasteiger partial charge in [0.2, 0.25) is 0 Å². The Balaban J connectivity index is 1.89. The molecule has 132 valence electrons. The molecule has 0 saturated heterocycles. The number of aryl methyl sites for hydroxylation is 1. The maximum atomic E-state index is 12.7. The van der Waals surface area contributed by atoms with E-state index < -0.39 is 0 Å². The van der Waals surface area contributed by atoms with Crippen LogP contribution >= 0.6 is 11.6 Å². The molecule has 1 N–H and O–H groups in total. The summed E-state index contributed by atoms with van der Waals surface area (Å²) in [7, 11) is 0. The number of carbonyl (C=O) groups excluding carboxylic acids is 1. The van der Waals surface area contributed by atoms with Crippen LogP contribution in [-0.4, -0.2) is 22.5 Å². The van der Waals surface area contributed by atoms with Gasteiger partial charge >= 0.3 is 0 Å². The Morgan fingerprint density at radius 2 is 1.85 bits per heavy atom. The van der Waals surface area contributed by atoms with Crippen LogP contribution in [0.25, 0.3) is 10.9 Å². The summed E-state index contributed by atoms with van der Waals surface area (Å²) in [4.78, 5) is 17.2. The zero-order valence-electron chi connectivity index (χ0n) is 14.6. The fourth-order valence-electron chi connectivity index (χ4n) is 2.80. The van der Waals surface area contributed by atoms with Crippen LogP contribution in [0.5, 0.6) is 0 Å². The Morgan fingerprint density at radius 3 is 2.62 bits per heavy atom. The monoisotopic (exact) mass is 365 g/mol. The summed E-state index contributed by atoms with van der Waals surface area (Å²) in [5.74, 6) is 0.305. The zero-order valence-corrected chi connectivity index (χ0v) is 15.3. The average molecular weight is 366 g/mol. The lowest BCUT2D eigenvalue weighted by molar-refractivity contribution is 0.0956. The van der Waals surface area contributed by atoms with Crippen LogP contribution < -0.4 is 5.43 Å². The van der Waals surface area contributed by atoms with E-state index in [1.165, 1.54) is 0 Å². The average Bonchev–Trinajstić information content (AvgIpc) is 2.68. The molecule has 0 saturated carbocycles. The summed E-state index contributed by atoms with van der Waals surface area (Å²) in [6.45, 7) is 1.88. The van der Waals surface area contributed by atoms with E-state index in [2.05, 4.69) is 15.5 Å². The molecule has 0 spiro atoms. The van der Waals surface area contributed by atoms with Gasteiger partial charge in [0.15, 0.2) is 0 Å². The summed E-state index contributed by atoms with van der Waals surface area (Å²) in [5, 5.41) is 5.20. The maximum absolute atomic E-state index is 12.7. The molecule has 4 nitrogen and oxygen atoms in total. The first kappa shape index (κ1) is 18.1. The van der Waals surface area contributed by atoms with E-state index >= 15 is 0 Å². The first-order valence-electron chi connectivity index (χ1n) is 8.53. The largest absolute Gasteiger partial charge is 0.272 e. The molecule has 0 aliphatic rings. The summed E-state index contributed by atoms with van der Waals surface area (Å²) in [5.41, 5.74) is 6.66. The van der Waals surface area contributed by atoms with Crippen molar-refractivity contribution in [2.75, 3.05) is 5.88 Å². The molecule has 1 heterocycles. The number of fused-ring (bicyclic) bond motifs is 1. The Bertz CT molecular complexity index is 938. The second kappa shape index (κ2) is 8.59. The van der Waals surface area contributed by atoms with Crippen LogP contribution in [0.2, 0.25) is 0 Å². The van der Waals surface area contributed by atoms with Crippen molar-refractivity contribution in [1.29, 1.82) is 0 Å². The summed E-state index contributed by atoms with van der Waals surface area (Å²) in [6, 6.07) is 19.2. The van der Waals surface area contributed by atoms with Gasteiger partial charge in [-0.2, -0.15) is 5.10 Å². The summed E-state index contributed by atoms with van der Waals surface area (Å²) >= 11 is 5.83. The SMILES string of the molecule is Cc1cc(C(=O)NN=C(CCCCl)c2ccccc2)c2ccccc2n1. The molecule has 2 aromatic carbocycles. The molecule has 0 bridgehead atoms. The number of hydrogen-bond donors (Lipinski definition) is 1. The van der Waals surface area contributed by atoms with Crippen LogP contribution in [0.3, 0.4) is 0 Å². The standard InChI is InChI=1S/C21H20ClN3O/c1-15-14-18(17-10-5-6-11-20(17)23-15)21(26)25-24-19(12-7-13-22)16-8-3-2-4-9-16/h2-6,8-11,14H,7,12-13H2,1H3,(H,25,26). The number of aromatic nitrogens is 1. The van der Waals surface area contributed by atoms with Crippen LogP contribution in [0, 0.1) is 6.92 Å². The van der Waals surface area contributed by atoms with Crippen molar-refractivity contribution in [2.45, 2.75) is 19.8 Å². The van der Waals surface area contributed by atoms with E-state index in [4.69, 9.17) is 11.6 Å². The first-order chi connectivity index (χ1) is 12.7. The third-order valence-corrected chi connectivity index (χ3v) is 4.30. The van der Waals surface area contributed by atoms with E-state index in [0.29, 0.717) is 17.9 Å². The molecule has 0 radical (unpaired) electrons. The van der Waals surface area contributed by atoms with Gasteiger partial charge in [-0.15, -0.1) is 11.6 Å². The number of carbonyl (C=O) groups is 1. The normalized spacial score (nSPS) is 11.5. The van der Waals surface area contributed by atoms with Crippen molar-refractivity contribution in [1.82, 2.24) is 10.4 Å². The smallest absolute Gasteiger partial charge is 0.267 e. The Hall–Kier alpha value is -2.72. The van der Waals surface area contributed by atoms with Gasteiger partial charge in [-0.25, -0.2) is 5.43 Å². The molecule has 3 rings (SSSR count). The van der Waals surface area contributed by atoms with E-state index in [-0.39, 0.29) is 5.91 Å². The van der Waals surface area contributed by atoms with Crippen LogP contribution in [0.15, 0.2) is 65.8 Å². The number of pyridine rings is 1. The molecule has 0 aliphatic heterocycles. The molecule has 0 fully saturated rings. The minimum absolute atomic E-state index is 0.244. The molecular formula is C21H20ClN3O. The number of nitrogens with zero attached hydrogens (tertiary/aromatic N) is 2. The number of hydrogen-bond acceptors (Lipinski definition) is 3. The number of alkyl halides is 1. The zero-order chi connectivity index (χ0) is 18.4. The van der Waals surface area contributed by atoms with Crippen molar-refractivity contribution in [3.8, 4) is 0 Å². The number of hydrazone groups is 1. The van der Waals surface area contributed by atoms with Gasteiger partial charge in [0.25, 0.3) is 5.91 Å². The van der Waals surface area contributed by atoms with E-state index in [1.807, 2.05) is 61.5 Å². The van der Waals surface area contributed by atoms with Crippen molar-refractivity contribution in [3.63, 3.8) is 0 Å². The number of benzene rings is 2. The number of nitrogens with one attached hydrogen (secondary N) is 1. The number of halogens is 1. The highest BCUT2D eigenvalue weighted by Gasteiger charge is 2.12. The molecule has 1 amide bonds. The van der Waals surface area contributed by atoms with Gasteiger partial charge in [-0.1, -0.05) is 48.5 Å². The molecule has 3 aromatic rings. The fraction of sp³-hybridized carbons (Fsp3) is 0.190. The van der Waals surface area contributed by atoms with E-state index in [1.54, 1.807) is 6.07 Å². The molecule has 0 aliphatic carbocycles. The predicted molar refractivity (Wildman–Crippen MR) is 107 cm³/mol. The lowest BCUT2D eigenvalue weighted by Crippen LogP contribution is -2.21. The van der Waals surface area contributed by atoms with Crippen LogP contribution in [-0.2, 0) is 0 Å². The molecule has 1 aromatic heterocycles. The highest BCUT2D eigenvalue weighted by molar-refractivity contribution is 6.18.